The van der Waals surface area contributed by atoms with Crippen LogP contribution in [0.3, 0.4) is 0 Å². The Balaban J connectivity index is 1.92. The van der Waals surface area contributed by atoms with Crippen molar-refractivity contribution < 1.29 is 14.7 Å². The van der Waals surface area contributed by atoms with E-state index in [9.17, 15) is 9.59 Å². The minimum atomic E-state index is -0.833. The summed E-state index contributed by atoms with van der Waals surface area (Å²) in [5.41, 5.74) is 0.719. The normalized spacial score (nSPS) is 19.1. The molecular weight excluding hydrogens is 220 g/mol. The van der Waals surface area contributed by atoms with Crippen LogP contribution in [0, 0.1) is 5.92 Å². The number of amides is 2. The number of carbonyl (C=O) groups is 2. The van der Waals surface area contributed by atoms with E-state index in [1.165, 1.54) is 4.90 Å². The maximum Gasteiger partial charge on any atom is 0.321 e. The summed E-state index contributed by atoms with van der Waals surface area (Å²) in [6.07, 6.45) is 0.525. The van der Waals surface area contributed by atoms with E-state index in [4.69, 9.17) is 5.11 Å². The molecule has 17 heavy (non-hydrogen) atoms. The molecular formula is C12H14N2O3. The highest BCUT2D eigenvalue weighted by Crippen LogP contribution is 2.17. The third-order valence-electron chi connectivity index (χ3n) is 2.85. The van der Waals surface area contributed by atoms with Gasteiger partial charge in [0, 0.05) is 18.8 Å². The number of nitrogens with zero attached hydrogens (tertiary/aromatic N) is 1. The molecule has 1 atom stereocenters. The van der Waals surface area contributed by atoms with E-state index >= 15 is 0 Å². The predicted octanol–water partition coefficient (Wildman–Crippen LogP) is 1.62. The lowest BCUT2D eigenvalue weighted by molar-refractivity contribution is -0.141. The molecule has 0 aliphatic carbocycles. The van der Waals surface area contributed by atoms with Crippen molar-refractivity contribution >= 4 is 17.7 Å². The van der Waals surface area contributed by atoms with Gasteiger partial charge in [-0.1, -0.05) is 18.2 Å². The largest absolute Gasteiger partial charge is 0.481 e. The Morgan fingerprint density at radius 2 is 2.00 bits per heavy atom. The van der Waals surface area contributed by atoms with Crippen LogP contribution in [0.4, 0.5) is 10.5 Å². The summed E-state index contributed by atoms with van der Waals surface area (Å²) in [7, 11) is 0. The fourth-order valence-corrected chi connectivity index (χ4v) is 1.87. The van der Waals surface area contributed by atoms with Gasteiger partial charge in [0.15, 0.2) is 0 Å². The molecule has 90 valence electrons. The second kappa shape index (κ2) is 4.86. The first kappa shape index (κ1) is 11.4. The second-order valence-corrected chi connectivity index (χ2v) is 4.07. The van der Waals surface area contributed by atoms with E-state index in [0.717, 1.165) is 5.69 Å². The standard InChI is InChI=1S/C12H14N2O3/c15-11(16)9-6-7-14(8-9)12(17)13-10-4-2-1-3-5-10/h1-5,9H,6-8H2,(H,13,17)(H,15,16). The first-order valence-electron chi connectivity index (χ1n) is 5.50. The zero-order chi connectivity index (χ0) is 12.3. The molecule has 2 N–H and O–H groups in total. The lowest BCUT2D eigenvalue weighted by Gasteiger charge is -2.16. The van der Waals surface area contributed by atoms with Gasteiger partial charge >= 0.3 is 12.0 Å². The zero-order valence-corrected chi connectivity index (χ0v) is 9.30. The fourth-order valence-electron chi connectivity index (χ4n) is 1.87. The minimum Gasteiger partial charge on any atom is -0.481 e. The summed E-state index contributed by atoms with van der Waals surface area (Å²) >= 11 is 0. The van der Waals surface area contributed by atoms with E-state index < -0.39 is 11.9 Å². The number of para-hydroxylation sites is 1. The number of anilines is 1. The molecule has 1 fully saturated rings. The van der Waals surface area contributed by atoms with Crippen LogP contribution in [-0.2, 0) is 4.79 Å². The van der Waals surface area contributed by atoms with E-state index in [1.54, 1.807) is 12.1 Å². The zero-order valence-electron chi connectivity index (χ0n) is 9.30. The van der Waals surface area contributed by atoms with Crippen molar-refractivity contribution in [2.45, 2.75) is 6.42 Å². The lowest BCUT2D eigenvalue weighted by atomic mass is 10.1. The van der Waals surface area contributed by atoms with Gasteiger partial charge in [-0.05, 0) is 18.6 Å². The maximum absolute atomic E-state index is 11.8. The molecule has 1 saturated heterocycles. The minimum absolute atomic E-state index is 0.236. The number of hydrogen-bond acceptors (Lipinski definition) is 2. The van der Waals surface area contributed by atoms with Gasteiger partial charge < -0.3 is 15.3 Å². The maximum atomic E-state index is 11.8. The number of likely N-dealkylation sites (tertiary alicyclic amines) is 1. The van der Waals surface area contributed by atoms with Crippen LogP contribution in [0.25, 0.3) is 0 Å². The predicted molar refractivity (Wildman–Crippen MR) is 62.8 cm³/mol. The summed E-state index contributed by atoms with van der Waals surface area (Å²) in [5.74, 6) is -1.27. The molecule has 2 amide bonds. The van der Waals surface area contributed by atoms with Crippen LogP contribution >= 0.6 is 0 Å². The Morgan fingerprint density at radius 3 is 2.59 bits per heavy atom. The van der Waals surface area contributed by atoms with Crippen LogP contribution in [0.2, 0.25) is 0 Å². The molecule has 0 spiro atoms. The van der Waals surface area contributed by atoms with Gasteiger partial charge in [0.2, 0.25) is 0 Å². The molecule has 0 bridgehead atoms. The van der Waals surface area contributed by atoms with Crippen LogP contribution in [0.5, 0.6) is 0 Å². The molecule has 5 heteroatoms. The number of nitrogens with one attached hydrogen (secondary N) is 1. The monoisotopic (exact) mass is 234 g/mol. The highest BCUT2D eigenvalue weighted by atomic mass is 16.4. The van der Waals surface area contributed by atoms with Gasteiger partial charge in [-0.2, -0.15) is 0 Å². The number of rotatable bonds is 2. The van der Waals surface area contributed by atoms with Crippen molar-refractivity contribution in [2.24, 2.45) is 5.92 Å². The topological polar surface area (TPSA) is 69.6 Å². The molecule has 1 aromatic rings. The molecule has 1 aromatic carbocycles. The summed E-state index contributed by atoms with van der Waals surface area (Å²) in [4.78, 5) is 24.1. The van der Waals surface area contributed by atoms with Crippen LogP contribution < -0.4 is 5.32 Å². The molecule has 0 saturated carbocycles. The highest BCUT2D eigenvalue weighted by molar-refractivity contribution is 5.90. The molecule has 0 aromatic heterocycles. The van der Waals surface area contributed by atoms with Crippen molar-refractivity contribution in [3.63, 3.8) is 0 Å². The smallest absolute Gasteiger partial charge is 0.321 e. The molecule has 1 aliphatic heterocycles. The number of benzene rings is 1. The van der Waals surface area contributed by atoms with E-state index in [1.807, 2.05) is 18.2 Å². The van der Waals surface area contributed by atoms with Crippen molar-refractivity contribution in [1.29, 1.82) is 0 Å². The number of carboxylic acids is 1. The van der Waals surface area contributed by atoms with Crippen LogP contribution in [0.1, 0.15) is 6.42 Å². The number of carbonyl (C=O) groups excluding carboxylic acids is 1. The van der Waals surface area contributed by atoms with Gasteiger partial charge in [-0.25, -0.2) is 4.79 Å². The molecule has 1 heterocycles. The van der Waals surface area contributed by atoms with Gasteiger partial charge in [0.25, 0.3) is 0 Å². The van der Waals surface area contributed by atoms with Crippen LogP contribution in [-0.4, -0.2) is 35.1 Å². The molecule has 1 aliphatic rings. The summed E-state index contributed by atoms with van der Waals surface area (Å²) in [6.45, 7) is 0.781. The third-order valence-corrected chi connectivity index (χ3v) is 2.85. The highest BCUT2D eigenvalue weighted by Gasteiger charge is 2.30. The van der Waals surface area contributed by atoms with Gasteiger partial charge in [0.05, 0.1) is 5.92 Å². The Bertz CT molecular complexity index is 419. The van der Waals surface area contributed by atoms with Gasteiger partial charge in [0.1, 0.15) is 0 Å². The number of hydrogen-bond donors (Lipinski definition) is 2. The fraction of sp³-hybridized carbons (Fsp3) is 0.333. The van der Waals surface area contributed by atoms with Crippen molar-refractivity contribution in [3.05, 3.63) is 30.3 Å². The van der Waals surface area contributed by atoms with Crippen molar-refractivity contribution in [1.82, 2.24) is 4.90 Å². The molecule has 5 nitrogen and oxygen atoms in total. The molecule has 0 radical (unpaired) electrons. The van der Waals surface area contributed by atoms with E-state index in [-0.39, 0.29) is 12.6 Å². The second-order valence-electron chi connectivity index (χ2n) is 4.07. The number of urea groups is 1. The van der Waals surface area contributed by atoms with Crippen molar-refractivity contribution in [3.8, 4) is 0 Å². The molecule has 2 rings (SSSR count). The first-order valence-corrected chi connectivity index (χ1v) is 5.50. The van der Waals surface area contributed by atoms with Gasteiger partial charge in [-0.3, -0.25) is 4.79 Å². The molecule has 1 unspecified atom stereocenters. The third kappa shape index (κ3) is 2.75. The number of aliphatic carboxylic acids is 1. The number of carboxylic acid groups (broad SMARTS) is 1. The van der Waals surface area contributed by atoms with Crippen LogP contribution in [0.15, 0.2) is 30.3 Å². The quantitative estimate of drug-likeness (QED) is 0.817. The Labute approximate surface area is 99.0 Å². The van der Waals surface area contributed by atoms with Gasteiger partial charge in [-0.15, -0.1) is 0 Å². The Hall–Kier alpha value is -2.04. The Morgan fingerprint density at radius 1 is 1.29 bits per heavy atom. The summed E-state index contributed by atoms with van der Waals surface area (Å²) < 4.78 is 0. The average molecular weight is 234 g/mol. The van der Waals surface area contributed by atoms with E-state index in [2.05, 4.69) is 5.32 Å². The SMILES string of the molecule is O=C(O)C1CCN(C(=O)Nc2ccccc2)C1. The first-order chi connectivity index (χ1) is 8.16. The van der Waals surface area contributed by atoms with E-state index in [0.29, 0.717) is 13.0 Å². The Kier molecular flexibility index (Phi) is 3.27. The summed E-state index contributed by atoms with van der Waals surface area (Å²) in [5, 5.41) is 11.6. The average Bonchev–Trinajstić information content (AvgIpc) is 2.79. The lowest BCUT2D eigenvalue weighted by Crippen LogP contribution is -2.33. The summed E-state index contributed by atoms with van der Waals surface area (Å²) in [6, 6.07) is 8.89. The van der Waals surface area contributed by atoms with Crippen molar-refractivity contribution in [2.75, 3.05) is 18.4 Å².